The predicted octanol–water partition coefficient (Wildman–Crippen LogP) is 0.112. The molecule has 86 valence electrons. The van der Waals surface area contributed by atoms with Crippen molar-refractivity contribution >= 4 is 5.91 Å². The fraction of sp³-hybridized carbons (Fsp3) is 0.909. The van der Waals surface area contributed by atoms with E-state index in [2.05, 4.69) is 5.32 Å². The van der Waals surface area contributed by atoms with E-state index < -0.39 is 0 Å². The lowest BCUT2D eigenvalue weighted by Crippen LogP contribution is -2.40. The van der Waals surface area contributed by atoms with Crippen molar-refractivity contribution in [2.75, 3.05) is 19.6 Å². The number of aliphatic hydroxyl groups excluding tert-OH is 1. The van der Waals surface area contributed by atoms with Gasteiger partial charge in [-0.3, -0.25) is 4.79 Å². The van der Waals surface area contributed by atoms with Crippen molar-refractivity contribution < 1.29 is 9.90 Å². The van der Waals surface area contributed by atoms with Crippen molar-refractivity contribution in [1.82, 2.24) is 10.2 Å². The van der Waals surface area contributed by atoms with Crippen molar-refractivity contribution in [3.63, 3.8) is 0 Å². The molecule has 2 fully saturated rings. The number of hydrogen-bond donors (Lipinski definition) is 2. The van der Waals surface area contributed by atoms with Gasteiger partial charge in [-0.15, -0.1) is 0 Å². The summed E-state index contributed by atoms with van der Waals surface area (Å²) in [5.41, 5.74) is 0. The first kappa shape index (κ1) is 10.9. The Labute approximate surface area is 90.6 Å². The largest absolute Gasteiger partial charge is 0.391 e. The number of carbonyl (C=O) groups excluding carboxylic acids is 1. The first-order valence-electron chi connectivity index (χ1n) is 5.95. The van der Waals surface area contributed by atoms with Gasteiger partial charge in [0.05, 0.1) is 12.6 Å². The van der Waals surface area contributed by atoms with E-state index in [9.17, 15) is 9.90 Å². The first-order valence-corrected chi connectivity index (χ1v) is 5.95. The predicted molar refractivity (Wildman–Crippen MR) is 57.5 cm³/mol. The average molecular weight is 212 g/mol. The van der Waals surface area contributed by atoms with E-state index in [1.165, 1.54) is 25.7 Å². The van der Waals surface area contributed by atoms with Gasteiger partial charge in [0.1, 0.15) is 0 Å². The highest BCUT2D eigenvalue weighted by molar-refractivity contribution is 5.78. The van der Waals surface area contributed by atoms with Crippen LogP contribution >= 0.6 is 0 Å². The van der Waals surface area contributed by atoms with Gasteiger partial charge in [-0.1, -0.05) is 12.8 Å². The standard InChI is InChI=1S/C11H20N2O2/c14-10-5-6-13(8-10)11(15)7-12-9-3-1-2-4-9/h9-10,12,14H,1-8H2/t10-/m0/s1. The van der Waals surface area contributed by atoms with E-state index in [0.29, 0.717) is 25.7 Å². The van der Waals surface area contributed by atoms with Crippen LogP contribution in [0.3, 0.4) is 0 Å². The molecule has 1 amide bonds. The number of hydrogen-bond acceptors (Lipinski definition) is 3. The van der Waals surface area contributed by atoms with Crippen molar-refractivity contribution in [3.8, 4) is 0 Å². The van der Waals surface area contributed by atoms with E-state index in [-0.39, 0.29) is 12.0 Å². The van der Waals surface area contributed by atoms with E-state index in [4.69, 9.17) is 0 Å². The van der Waals surface area contributed by atoms with Crippen LogP contribution in [0.1, 0.15) is 32.1 Å². The first-order chi connectivity index (χ1) is 7.25. The Morgan fingerprint density at radius 3 is 2.67 bits per heavy atom. The minimum Gasteiger partial charge on any atom is -0.391 e. The van der Waals surface area contributed by atoms with Crippen LogP contribution in [-0.4, -0.2) is 47.7 Å². The maximum atomic E-state index is 11.7. The molecule has 0 aromatic rings. The lowest BCUT2D eigenvalue weighted by atomic mass is 10.2. The quantitative estimate of drug-likeness (QED) is 0.698. The summed E-state index contributed by atoms with van der Waals surface area (Å²) >= 11 is 0. The zero-order valence-electron chi connectivity index (χ0n) is 9.11. The molecule has 0 radical (unpaired) electrons. The summed E-state index contributed by atoms with van der Waals surface area (Å²) in [6, 6.07) is 0.543. The number of nitrogens with zero attached hydrogens (tertiary/aromatic N) is 1. The molecule has 1 atom stereocenters. The topological polar surface area (TPSA) is 52.6 Å². The summed E-state index contributed by atoms with van der Waals surface area (Å²) in [6.45, 7) is 1.68. The van der Waals surface area contributed by atoms with Gasteiger partial charge >= 0.3 is 0 Å². The summed E-state index contributed by atoms with van der Waals surface area (Å²) in [5.74, 6) is 0.137. The van der Waals surface area contributed by atoms with Gasteiger partial charge in [0, 0.05) is 19.1 Å². The maximum absolute atomic E-state index is 11.7. The molecule has 2 N–H and O–H groups in total. The highest BCUT2D eigenvalue weighted by Crippen LogP contribution is 2.17. The second-order valence-corrected chi connectivity index (χ2v) is 4.64. The molecular formula is C11H20N2O2. The molecule has 0 aromatic heterocycles. The molecule has 1 saturated carbocycles. The third kappa shape index (κ3) is 2.92. The van der Waals surface area contributed by atoms with Gasteiger partial charge in [-0.05, 0) is 19.3 Å². The smallest absolute Gasteiger partial charge is 0.236 e. The monoisotopic (exact) mass is 212 g/mol. The highest BCUT2D eigenvalue weighted by atomic mass is 16.3. The molecule has 2 aliphatic rings. The lowest BCUT2D eigenvalue weighted by Gasteiger charge is -2.18. The van der Waals surface area contributed by atoms with Crippen molar-refractivity contribution in [2.45, 2.75) is 44.2 Å². The number of aliphatic hydroxyl groups is 1. The van der Waals surface area contributed by atoms with Crippen molar-refractivity contribution in [2.24, 2.45) is 0 Å². The summed E-state index contributed by atoms with van der Waals surface area (Å²) in [4.78, 5) is 13.5. The van der Waals surface area contributed by atoms with Crippen molar-refractivity contribution in [1.29, 1.82) is 0 Å². The lowest BCUT2D eigenvalue weighted by molar-refractivity contribution is -0.129. The maximum Gasteiger partial charge on any atom is 0.236 e. The number of amides is 1. The van der Waals surface area contributed by atoms with Gasteiger partial charge in [0.15, 0.2) is 0 Å². The Kier molecular flexibility index (Phi) is 3.59. The summed E-state index contributed by atoms with van der Waals surface area (Å²) < 4.78 is 0. The summed E-state index contributed by atoms with van der Waals surface area (Å²) in [6.07, 6.45) is 5.41. The third-order valence-electron chi connectivity index (χ3n) is 3.41. The number of nitrogens with one attached hydrogen (secondary N) is 1. The molecule has 1 heterocycles. The van der Waals surface area contributed by atoms with Crippen LogP contribution in [-0.2, 0) is 4.79 Å². The number of likely N-dealkylation sites (tertiary alicyclic amines) is 1. The number of β-amino-alcohol motifs (C(OH)–C–C–N with tert-alkyl or cyclic N) is 1. The molecule has 1 saturated heterocycles. The highest BCUT2D eigenvalue weighted by Gasteiger charge is 2.25. The van der Waals surface area contributed by atoms with E-state index in [0.717, 1.165) is 6.42 Å². The molecule has 0 aromatic carbocycles. The Morgan fingerprint density at radius 2 is 2.07 bits per heavy atom. The molecule has 15 heavy (non-hydrogen) atoms. The second kappa shape index (κ2) is 4.94. The fourth-order valence-corrected chi connectivity index (χ4v) is 2.44. The van der Waals surface area contributed by atoms with Gasteiger partial charge in [-0.25, -0.2) is 0 Å². The second-order valence-electron chi connectivity index (χ2n) is 4.64. The Morgan fingerprint density at radius 1 is 1.33 bits per heavy atom. The number of carbonyl (C=O) groups is 1. The molecule has 4 nitrogen and oxygen atoms in total. The van der Waals surface area contributed by atoms with Crippen LogP contribution in [0.4, 0.5) is 0 Å². The Balaban J connectivity index is 1.67. The van der Waals surface area contributed by atoms with Crippen LogP contribution in [0.25, 0.3) is 0 Å². The van der Waals surface area contributed by atoms with Gasteiger partial charge in [0.2, 0.25) is 5.91 Å². The van der Waals surface area contributed by atoms with Crippen LogP contribution in [0.5, 0.6) is 0 Å². The molecule has 4 heteroatoms. The summed E-state index contributed by atoms with van der Waals surface area (Å²) in [5, 5.41) is 12.6. The van der Waals surface area contributed by atoms with E-state index >= 15 is 0 Å². The molecule has 2 rings (SSSR count). The van der Waals surface area contributed by atoms with E-state index in [1.54, 1.807) is 4.90 Å². The average Bonchev–Trinajstić information content (AvgIpc) is 2.84. The number of rotatable bonds is 3. The zero-order valence-corrected chi connectivity index (χ0v) is 9.11. The molecule has 0 spiro atoms. The minimum absolute atomic E-state index is 0.137. The molecule has 0 bridgehead atoms. The van der Waals surface area contributed by atoms with Crippen LogP contribution in [0.15, 0.2) is 0 Å². The molecule has 1 aliphatic carbocycles. The van der Waals surface area contributed by atoms with Crippen LogP contribution in [0.2, 0.25) is 0 Å². The SMILES string of the molecule is O=C(CNC1CCCC1)N1CC[C@H](O)C1. The molecule has 0 unspecified atom stereocenters. The molecular weight excluding hydrogens is 192 g/mol. The molecule has 1 aliphatic heterocycles. The zero-order chi connectivity index (χ0) is 10.7. The fourth-order valence-electron chi connectivity index (χ4n) is 2.44. The Bertz CT molecular complexity index is 227. The van der Waals surface area contributed by atoms with E-state index in [1.807, 2.05) is 0 Å². The minimum atomic E-state index is -0.305. The van der Waals surface area contributed by atoms with Gasteiger partial charge in [0.25, 0.3) is 0 Å². The summed E-state index contributed by atoms with van der Waals surface area (Å²) in [7, 11) is 0. The Hall–Kier alpha value is -0.610. The van der Waals surface area contributed by atoms with Gasteiger partial charge in [-0.2, -0.15) is 0 Å². The van der Waals surface area contributed by atoms with Gasteiger partial charge < -0.3 is 15.3 Å². The third-order valence-corrected chi connectivity index (χ3v) is 3.41. The van der Waals surface area contributed by atoms with Crippen molar-refractivity contribution in [3.05, 3.63) is 0 Å². The van der Waals surface area contributed by atoms with Crippen LogP contribution < -0.4 is 5.32 Å². The normalized spacial score (nSPS) is 27.5. The van der Waals surface area contributed by atoms with Crippen LogP contribution in [0, 0.1) is 0 Å².